The maximum absolute atomic E-state index is 12.6. The van der Waals surface area contributed by atoms with Gasteiger partial charge in [0.2, 0.25) is 5.91 Å². The highest BCUT2D eigenvalue weighted by Gasteiger charge is 2.28. The van der Waals surface area contributed by atoms with Crippen molar-refractivity contribution >= 4 is 23.5 Å². The molecule has 0 aliphatic heterocycles. The first-order valence-corrected chi connectivity index (χ1v) is 7.40. The van der Waals surface area contributed by atoms with E-state index in [-0.39, 0.29) is 24.3 Å². The average molecular weight is 312 g/mol. The van der Waals surface area contributed by atoms with Crippen LogP contribution >= 0.6 is 11.6 Å². The molecule has 1 unspecified atom stereocenters. The molecular weight excluding hydrogens is 290 g/mol. The molecule has 0 saturated carbocycles. The van der Waals surface area contributed by atoms with Gasteiger partial charge in [0, 0.05) is 12.1 Å². The molecule has 0 spiro atoms. The lowest BCUT2D eigenvalue weighted by Crippen LogP contribution is -2.38. The Bertz CT molecular complexity index is 485. The zero-order chi connectivity index (χ0) is 16.0. The van der Waals surface area contributed by atoms with Gasteiger partial charge < -0.3 is 9.64 Å². The predicted molar refractivity (Wildman–Crippen MR) is 83.3 cm³/mol. The minimum absolute atomic E-state index is 0.0382. The summed E-state index contributed by atoms with van der Waals surface area (Å²) in [6, 6.07) is 7.24. The van der Waals surface area contributed by atoms with Crippen molar-refractivity contribution in [2.45, 2.75) is 26.7 Å². The van der Waals surface area contributed by atoms with Crippen LogP contribution in [0.4, 0.5) is 0 Å². The van der Waals surface area contributed by atoms with Gasteiger partial charge in [-0.15, -0.1) is 0 Å². The van der Waals surface area contributed by atoms with E-state index in [1.165, 1.54) is 4.90 Å². The SMILES string of the molecule is CCOC(=O)CN(C)C(=O)C(c1ccc(Cl)cc1)C(C)C. The summed E-state index contributed by atoms with van der Waals surface area (Å²) >= 11 is 5.89. The van der Waals surface area contributed by atoms with Gasteiger partial charge in [0.15, 0.2) is 0 Å². The number of rotatable bonds is 6. The van der Waals surface area contributed by atoms with Crippen molar-refractivity contribution in [1.29, 1.82) is 0 Å². The average Bonchev–Trinajstić information content (AvgIpc) is 2.40. The van der Waals surface area contributed by atoms with Gasteiger partial charge in [-0.2, -0.15) is 0 Å². The second kappa shape index (κ2) is 8.03. The third-order valence-corrected chi connectivity index (χ3v) is 3.46. The zero-order valence-corrected chi connectivity index (χ0v) is 13.7. The van der Waals surface area contributed by atoms with E-state index in [4.69, 9.17) is 16.3 Å². The van der Waals surface area contributed by atoms with Crippen LogP contribution in [0.3, 0.4) is 0 Å². The molecule has 1 amide bonds. The number of carbonyl (C=O) groups is 2. The van der Waals surface area contributed by atoms with Crippen molar-refractivity contribution in [1.82, 2.24) is 4.90 Å². The molecule has 4 nitrogen and oxygen atoms in total. The molecule has 1 rings (SSSR count). The van der Waals surface area contributed by atoms with E-state index in [9.17, 15) is 9.59 Å². The molecule has 1 aromatic carbocycles. The molecule has 0 aliphatic rings. The fourth-order valence-electron chi connectivity index (χ4n) is 2.20. The van der Waals surface area contributed by atoms with Gasteiger partial charge >= 0.3 is 5.97 Å². The lowest BCUT2D eigenvalue weighted by Gasteiger charge is -2.26. The van der Waals surface area contributed by atoms with E-state index in [0.717, 1.165) is 5.56 Å². The van der Waals surface area contributed by atoms with Gasteiger partial charge in [-0.25, -0.2) is 0 Å². The fraction of sp³-hybridized carbons (Fsp3) is 0.500. The third-order valence-electron chi connectivity index (χ3n) is 3.21. The summed E-state index contributed by atoms with van der Waals surface area (Å²) in [4.78, 5) is 25.5. The lowest BCUT2D eigenvalue weighted by molar-refractivity contribution is -0.148. The summed E-state index contributed by atoms with van der Waals surface area (Å²) < 4.78 is 4.87. The number of nitrogens with zero attached hydrogens (tertiary/aromatic N) is 1. The molecule has 0 N–H and O–H groups in total. The van der Waals surface area contributed by atoms with Crippen molar-refractivity contribution in [2.24, 2.45) is 5.92 Å². The van der Waals surface area contributed by atoms with Crippen molar-refractivity contribution in [3.05, 3.63) is 34.9 Å². The van der Waals surface area contributed by atoms with E-state index >= 15 is 0 Å². The number of carbonyl (C=O) groups excluding carboxylic acids is 2. The Morgan fingerprint density at radius 3 is 2.29 bits per heavy atom. The zero-order valence-electron chi connectivity index (χ0n) is 12.9. The van der Waals surface area contributed by atoms with Crippen LogP contribution in [0.15, 0.2) is 24.3 Å². The molecular formula is C16H22ClNO3. The first-order chi connectivity index (χ1) is 9.86. The van der Waals surface area contributed by atoms with Gasteiger partial charge in [0.25, 0.3) is 0 Å². The maximum atomic E-state index is 12.6. The number of hydrogen-bond acceptors (Lipinski definition) is 3. The summed E-state index contributed by atoms with van der Waals surface area (Å²) in [5, 5.41) is 0.633. The Morgan fingerprint density at radius 1 is 1.24 bits per heavy atom. The maximum Gasteiger partial charge on any atom is 0.325 e. The smallest absolute Gasteiger partial charge is 0.325 e. The van der Waals surface area contributed by atoms with Crippen LogP contribution in [0.5, 0.6) is 0 Å². The second-order valence-electron chi connectivity index (χ2n) is 5.27. The summed E-state index contributed by atoms with van der Waals surface area (Å²) in [7, 11) is 1.62. The summed E-state index contributed by atoms with van der Waals surface area (Å²) in [5.74, 6) is -0.683. The van der Waals surface area contributed by atoms with Crippen molar-refractivity contribution in [3.8, 4) is 0 Å². The summed E-state index contributed by atoms with van der Waals surface area (Å²) in [5.41, 5.74) is 0.898. The molecule has 0 heterocycles. The minimum atomic E-state index is -0.396. The van der Waals surface area contributed by atoms with Crippen LogP contribution in [-0.4, -0.2) is 37.0 Å². The van der Waals surface area contributed by atoms with E-state index in [1.54, 1.807) is 26.1 Å². The summed E-state index contributed by atoms with van der Waals surface area (Å²) in [6.45, 7) is 5.98. The Kier molecular flexibility index (Phi) is 6.69. The molecule has 0 radical (unpaired) electrons. The molecule has 21 heavy (non-hydrogen) atoms. The van der Waals surface area contributed by atoms with Crippen LogP contribution in [0.25, 0.3) is 0 Å². The number of ether oxygens (including phenoxy) is 1. The fourth-order valence-corrected chi connectivity index (χ4v) is 2.32. The predicted octanol–water partition coefficient (Wildman–Crippen LogP) is 3.10. The van der Waals surface area contributed by atoms with Gasteiger partial charge in [-0.3, -0.25) is 9.59 Å². The van der Waals surface area contributed by atoms with Crippen molar-refractivity contribution in [3.63, 3.8) is 0 Å². The molecule has 0 fully saturated rings. The van der Waals surface area contributed by atoms with Gasteiger partial charge in [0.1, 0.15) is 6.54 Å². The van der Waals surface area contributed by atoms with Crippen molar-refractivity contribution < 1.29 is 14.3 Å². The monoisotopic (exact) mass is 311 g/mol. The van der Waals surface area contributed by atoms with Gasteiger partial charge in [-0.05, 0) is 30.5 Å². The second-order valence-corrected chi connectivity index (χ2v) is 5.71. The van der Waals surface area contributed by atoms with Crippen LogP contribution in [0.1, 0.15) is 32.3 Å². The number of hydrogen-bond donors (Lipinski definition) is 0. The van der Waals surface area contributed by atoms with E-state index in [2.05, 4.69) is 0 Å². The van der Waals surface area contributed by atoms with Gasteiger partial charge in [0.05, 0.1) is 12.5 Å². The number of esters is 1. The van der Waals surface area contributed by atoms with Gasteiger partial charge in [-0.1, -0.05) is 37.6 Å². The van der Waals surface area contributed by atoms with Crippen LogP contribution < -0.4 is 0 Å². The minimum Gasteiger partial charge on any atom is -0.465 e. The molecule has 0 saturated heterocycles. The standard InChI is InChI=1S/C16H22ClNO3/c1-5-21-14(19)10-18(4)16(20)15(11(2)3)12-6-8-13(17)9-7-12/h6-9,11,15H,5,10H2,1-4H3. The molecule has 0 bridgehead atoms. The first-order valence-electron chi connectivity index (χ1n) is 7.02. The number of benzene rings is 1. The van der Waals surface area contributed by atoms with Crippen LogP contribution in [-0.2, 0) is 14.3 Å². The number of likely N-dealkylation sites (N-methyl/N-ethyl adjacent to an activating group) is 1. The van der Waals surface area contributed by atoms with E-state index in [1.807, 2.05) is 26.0 Å². The third kappa shape index (κ3) is 5.05. The van der Waals surface area contributed by atoms with Crippen LogP contribution in [0, 0.1) is 5.92 Å². The molecule has 5 heteroatoms. The Balaban J connectivity index is 2.87. The Morgan fingerprint density at radius 2 is 1.81 bits per heavy atom. The molecule has 1 atom stereocenters. The molecule has 116 valence electrons. The van der Waals surface area contributed by atoms with Crippen LogP contribution in [0.2, 0.25) is 5.02 Å². The summed E-state index contributed by atoms with van der Waals surface area (Å²) in [6.07, 6.45) is 0. The number of halogens is 1. The lowest BCUT2D eigenvalue weighted by atomic mass is 9.87. The normalized spacial score (nSPS) is 12.1. The Labute approximate surface area is 131 Å². The largest absolute Gasteiger partial charge is 0.465 e. The topological polar surface area (TPSA) is 46.6 Å². The first kappa shape index (κ1) is 17.5. The molecule has 0 aromatic heterocycles. The van der Waals surface area contributed by atoms with E-state index in [0.29, 0.717) is 11.6 Å². The highest BCUT2D eigenvalue weighted by Crippen LogP contribution is 2.27. The number of amides is 1. The Hall–Kier alpha value is -1.55. The quantitative estimate of drug-likeness (QED) is 0.758. The highest BCUT2D eigenvalue weighted by atomic mass is 35.5. The molecule has 1 aromatic rings. The highest BCUT2D eigenvalue weighted by molar-refractivity contribution is 6.30. The van der Waals surface area contributed by atoms with E-state index < -0.39 is 5.97 Å². The molecule has 0 aliphatic carbocycles. The van der Waals surface area contributed by atoms with Crippen molar-refractivity contribution in [2.75, 3.05) is 20.2 Å².